The number of aromatic nitrogens is 2. The first-order valence-electron chi connectivity index (χ1n) is 9.03. The second-order valence-corrected chi connectivity index (χ2v) is 6.68. The molecule has 4 rings (SSSR count). The van der Waals surface area contributed by atoms with Crippen molar-refractivity contribution in [2.45, 2.75) is 19.4 Å². The van der Waals surface area contributed by atoms with E-state index in [-0.39, 0.29) is 11.8 Å². The molecule has 134 valence electrons. The number of carbonyl (C=O) groups is 1. The number of hydrogen-bond donors (Lipinski definition) is 2. The number of imidazole rings is 1. The van der Waals surface area contributed by atoms with Crippen LogP contribution in [0.5, 0.6) is 0 Å². The van der Waals surface area contributed by atoms with Crippen molar-refractivity contribution >= 4 is 16.9 Å². The van der Waals surface area contributed by atoms with E-state index < -0.39 is 0 Å². The summed E-state index contributed by atoms with van der Waals surface area (Å²) in [6, 6.07) is 25.8. The summed E-state index contributed by atoms with van der Waals surface area (Å²) in [6.07, 6.45) is 0. The van der Waals surface area contributed by atoms with Gasteiger partial charge in [0.1, 0.15) is 5.82 Å². The fraction of sp³-hybridized carbons (Fsp3) is 0.130. The van der Waals surface area contributed by atoms with Crippen LogP contribution in [0.3, 0.4) is 0 Å². The van der Waals surface area contributed by atoms with Gasteiger partial charge in [-0.15, -0.1) is 0 Å². The maximum Gasteiger partial charge on any atom is 0.232 e. The molecular formula is C23H21N3O. The van der Waals surface area contributed by atoms with Crippen LogP contribution in [0.2, 0.25) is 0 Å². The highest BCUT2D eigenvalue weighted by Crippen LogP contribution is 2.25. The molecule has 0 saturated carbocycles. The molecular weight excluding hydrogens is 334 g/mol. The second-order valence-electron chi connectivity index (χ2n) is 6.68. The summed E-state index contributed by atoms with van der Waals surface area (Å²) in [6.45, 7) is 2.41. The molecule has 4 aromatic rings. The Hall–Kier alpha value is -3.40. The molecule has 0 saturated heterocycles. The smallest absolute Gasteiger partial charge is 0.232 e. The van der Waals surface area contributed by atoms with Crippen molar-refractivity contribution in [2.24, 2.45) is 0 Å². The van der Waals surface area contributed by atoms with Gasteiger partial charge in [-0.2, -0.15) is 0 Å². The molecule has 1 amide bonds. The zero-order chi connectivity index (χ0) is 18.6. The van der Waals surface area contributed by atoms with E-state index in [0.29, 0.717) is 6.54 Å². The largest absolute Gasteiger partial charge is 0.348 e. The summed E-state index contributed by atoms with van der Waals surface area (Å²) >= 11 is 0. The number of nitrogens with zero attached hydrogens (tertiary/aromatic N) is 1. The van der Waals surface area contributed by atoms with E-state index in [0.717, 1.165) is 28.0 Å². The molecule has 1 aromatic heterocycles. The lowest BCUT2D eigenvalue weighted by molar-refractivity contribution is -0.121. The molecule has 27 heavy (non-hydrogen) atoms. The molecule has 1 heterocycles. The minimum Gasteiger partial charge on any atom is -0.348 e. The SMILES string of the molecule is Cc1ccc2nc(CNC(=O)C(c3ccccc3)c3ccccc3)[nH]c2c1. The third-order valence-electron chi connectivity index (χ3n) is 4.64. The first kappa shape index (κ1) is 17.0. The Balaban J connectivity index is 1.56. The van der Waals surface area contributed by atoms with Crippen LogP contribution < -0.4 is 5.32 Å². The van der Waals surface area contributed by atoms with Gasteiger partial charge >= 0.3 is 0 Å². The van der Waals surface area contributed by atoms with Crippen LogP contribution in [0.4, 0.5) is 0 Å². The van der Waals surface area contributed by atoms with E-state index in [9.17, 15) is 4.79 Å². The Kier molecular flexibility index (Phi) is 4.71. The Morgan fingerprint density at radius 1 is 0.963 bits per heavy atom. The van der Waals surface area contributed by atoms with Crippen molar-refractivity contribution in [2.75, 3.05) is 0 Å². The Morgan fingerprint density at radius 2 is 1.59 bits per heavy atom. The number of rotatable bonds is 5. The van der Waals surface area contributed by atoms with Crippen molar-refractivity contribution in [1.29, 1.82) is 0 Å². The van der Waals surface area contributed by atoms with E-state index in [1.165, 1.54) is 5.56 Å². The van der Waals surface area contributed by atoms with Gasteiger partial charge in [-0.3, -0.25) is 4.79 Å². The predicted octanol–water partition coefficient (Wildman–Crippen LogP) is 4.32. The minimum atomic E-state index is -0.348. The van der Waals surface area contributed by atoms with Crippen molar-refractivity contribution in [1.82, 2.24) is 15.3 Å². The van der Waals surface area contributed by atoms with Crippen LogP contribution in [-0.2, 0) is 11.3 Å². The molecule has 0 fully saturated rings. The highest BCUT2D eigenvalue weighted by molar-refractivity contribution is 5.87. The number of hydrogen-bond acceptors (Lipinski definition) is 2. The van der Waals surface area contributed by atoms with Crippen LogP contribution in [0, 0.1) is 6.92 Å². The number of aromatic amines is 1. The lowest BCUT2D eigenvalue weighted by Gasteiger charge is -2.17. The third kappa shape index (κ3) is 3.75. The van der Waals surface area contributed by atoms with Gasteiger partial charge in [-0.25, -0.2) is 4.98 Å². The van der Waals surface area contributed by atoms with Crippen LogP contribution in [0.25, 0.3) is 11.0 Å². The Labute approximate surface area is 158 Å². The number of amides is 1. The van der Waals surface area contributed by atoms with Crippen molar-refractivity contribution in [3.8, 4) is 0 Å². The summed E-state index contributed by atoms with van der Waals surface area (Å²) in [5.74, 6) is 0.367. The number of benzene rings is 3. The number of fused-ring (bicyclic) bond motifs is 1. The van der Waals surface area contributed by atoms with Crippen molar-refractivity contribution in [3.63, 3.8) is 0 Å². The highest BCUT2D eigenvalue weighted by atomic mass is 16.1. The minimum absolute atomic E-state index is 0.0379. The maximum atomic E-state index is 13.0. The molecule has 0 bridgehead atoms. The van der Waals surface area contributed by atoms with Gasteiger partial charge in [0.15, 0.2) is 0 Å². The van der Waals surface area contributed by atoms with Gasteiger partial charge in [-0.1, -0.05) is 66.7 Å². The van der Waals surface area contributed by atoms with Gasteiger partial charge in [0.05, 0.1) is 23.5 Å². The fourth-order valence-electron chi connectivity index (χ4n) is 3.32. The molecule has 0 aliphatic carbocycles. The van der Waals surface area contributed by atoms with Crippen LogP contribution >= 0.6 is 0 Å². The van der Waals surface area contributed by atoms with E-state index in [1.54, 1.807) is 0 Å². The van der Waals surface area contributed by atoms with Gasteiger partial charge in [0.25, 0.3) is 0 Å². The molecule has 4 nitrogen and oxygen atoms in total. The van der Waals surface area contributed by atoms with Gasteiger partial charge < -0.3 is 10.3 Å². The fourth-order valence-corrected chi connectivity index (χ4v) is 3.32. The van der Waals surface area contributed by atoms with Gasteiger partial charge in [0.2, 0.25) is 5.91 Å². The lowest BCUT2D eigenvalue weighted by atomic mass is 9.90. The predicted molar refractivity (Wildman–Crippen MR) is 107 cm³/mol. The van der Waals surface area contributed by atoms with E-state index >= 15 is 0 Å². The lowest BCUT2D eigenvalue weighted by Crippen LogP contribution is -2.30. The van der Waals surface area contributed by atoms with Crippen molar-refractivity contribution in [3.05, 3.63) is 101 Å². The first-order valence-corrected chi connectivity index (χ1v) is 9.03. The normalized spacial score (nSPS) is 11.0. The van der Waals surface area contributed by atoms with Crippen LogP contribution in [-0.4, -0.2) is 15.9 Å². The zero-order valence-electron chi connectivity index (χ0n) is 15.1. The quantitative estimate of drug-likeness (QED) is 0.560. The molecule has 0 atom stereocenters. The summed E-state index contributed by atoms with van der Waals surface area (Å²) in [4.78, 5) is 20.9. The maximum absolute atomic E-state index is 13.0. The topological polar surface area (TPSA) is 57.8 Å². The first-order chi connectivity index (χ1) is 13.2. The van der Waals surface area contributed by atoms with Crippen LogP contribution in [0.1, 0.15) is 28.4 Å². The Morgan fingerprint density at radius 3 is 2.22 bits per heavy atom. The van der Waals surface area contributed by atoms with E-state index in [2.05, 4.69) is 21.4 Å². The molecule has 0 unspecified atom stereocenters. The molecule has 0 radical (unpaired) electrons. The van der Waals surface area contributed by atoms with Crippen molar-refractivity contribution < 1.29 is 4.79 Å². The monoisotopic (exact) mass is 355 g/mol. The average Bonchev–Trinajstić information content (AvgIpc) is 3.10. The number of aryl methyl sites for hydroxylation is 1. The van der Waals surface area contributed by atoms with Gasteiger partial charge in [-0.05, 0) is 35.7 Å². The zero-order valence-corrected chi connectivity index (χ0v) is 15.1. The molecule has 0 spiro atoms. The number of carbonyl (C=O) groups excluding carboxylic acids is 1. The summed E-state index contributed by atoms with van der Waals surface area (Å²) in [5.41, 5.74) is 5.02. The van der Waals surface area contributed by atoms with Crippen LogP contribution in [0.15, 0.2) is 78.9 Å². The standard InChI is InChI=1S/C23H21N3O/c1-16-12-13-19-20(14-16)26-21(25-19)15-24-23(27)22(17-8-4-2-5-9-17)18-10-6-3-7-11-18/h2-14,22H,15H2,1H3,(H,24,27)(H,25,26). The van der Waals surface area contributed by atoms with Gasteiger partial charge in [0, 0.05) is 0 Å². The number of H-pyrrole nitrogens is 1. The van der Waals surface area contributed by atoms with E-state index in [1.807, 2.05) is 79.7 Å². The highest BCUT2D eigenvalue weighted by Gasteiger charge is 2.22. The third-order valence-corrected chi connectivity index (χ3v) is 4.64. The summed E-state index contributed by atoms with van der Waals surface area (Å²) in [7, 11) is 0. The molecule has 4 heteroatoms. The molecule has 0 aliphatic heterocycles. The average molecular weight is 355 g/mol. The molecule has 0 aliphatic rings. The Bertz CT molecular complexity index is 1020. The summed E-state index contributed by atoms with van der Waals surface area (Å²) in [5, 5.41) is 3.04. The molecule has 2 N–H and O–H groups in total. The molecule has 3 aromatic carbocycles. The summed E-state index contributed by atoms with van der Waals surface area (Å²) < 4.78 is 0. The van der Waals surface area contributed by atoms with E-state index in [4.69, 9.17) is 0 Å². The number of nitrogens with one attached hydrogen (secondary N) is 2. The second kappa shape index (κ2) is 7.46.